The van der Waals surface area contributed by atoms with Gasteiger partial charge in [-0.2, -0.15) is 0 Å². The third-order valence-electron chi connectivity index (χ3n) is 6.97. The number of carbonyl (C=O) groups excluding carboxylic acids is 1. The number of furan rings is 1. The van der Waals surface area contributed by atoms with Crippen LogP contribution in [0.15, 0.2) is 29.1 Å². The first-order chi connectivity index (χ1) is 14.7. The molecule has 2 aromatic rings. The van der Waals surface area contributed by atoms with Crippen molar-refractivity contribution in [3.05, 3.63) is 47.0 Å². The first kappa shape index (κ1) is 19.6. The summed E-state index contributed by atoms with van der Waals surface area (Å²) >= 11 is 0. The molecular formula is C24H31N3O3. The number of hydrogen-bond donors (Lipinski definition) is 0. The van der Waals surface area contributed by atoms with Crippen LogP contribution in [-0.2, 0) is 17.8 Å². The highest BCUT2D eigenvalue weighted by molar-refractivity contribution is 5.94. The van der Waals surface area contributed by atoms with Gasteiger partial charge in [0.05, 0.1) is 30.7 Å². The van der Waals surface area contributed by atoms with Crippen LogP contribution >= 0.6 is 0 Å². The van der Waals surface area contributed by atoms with E-state index >= 15 is 0 Å². The molecule has 1 amide bonds. The first-order valence-electron chi connectivity index (χ1n) is 11.4. The maximum absolute atomic E-state index is 12.8. The summed E-state index contributed by atoms with van der Waals surface area (Å²) in [5, 5.41) is 0. The van der Waals surface area contributed by atoms with E-state index in [9.17, 15) is 4.79 Å². The summed E-state index contributed by atoms with van der Waals surface area (Å²) in [4.78, 5) is 22.3. The SMILES string of the molecule is CC1CN(c2cc3c(c(C4CCCCC4)n2)COCC3)CCN1C(=O)c1ccoc1. The lowest BCUT2D eigenvalue weighted by Gasteiger charge is -2.41. The van der Waals surface area contributed by atoms with Gasteiger partial charge in [-0.15, -0.1) is 0 Å². The average Bonchev–Trinajstić information content (AvgIpc) is 3.33. The number of aromatic nitrogens is 1. The van der Waals surface area contributed by atoms with Crippen LogP contribution in [0.1, 0.15) is 72.1 Å². The minimum atomic E-state index is 0.0503. The van der Waals surface area contributed by atoms with Crippen LogP contribution < -0.4 is 4.90 Å². The van der Waals surface area contributed by atoms with Crippen LogP contribution in [0.25, 0.3) is 0 Å². The number of hydrogen-bond acceptors (Lipinski definition) is 5. The summed E-state index contributed by atoms with van der Waals surface area (Å²) in [7, 11) is 0. The van der Waals surface area contributed by atoms with Crippen molar-refractivity contribution in [3.63, 3.8) is 0 Å². The van der Waals surface area contributed by atoms with Crippen molar-refractivity contribution in [1.29, 1.82) is 0 Å². The number of pyridine rings is 1. The standard InChI is InChI=1S/C24H31N3O3/c1-17-14-26(9-10-27(17)24(28)20-8-12-29-15-20)22-13-19-7-11-30-16-21(19)23(25-22)18-5-3-2-4-6-18/h8,12-13,15,17-18H,2-7,9-11,14,16H2,1H3. The molecule has 160 valence electrons. The van der Waals surface area contributed by atoms with E-state index < -0.39 is 0 Å². The number of rotatable bonds is 3. The fourth-order valence-corrected chi connectivity index (χ4v) is 5.27. The van der Waals surface area contributed by atoms with Crippen LogP contribution in [0, 0.1) is 0 Å². The number of amides is 1. The second-order valence-electron chi connectivity index (χ2n) is 8.95. The van der Waals surface area contributed by atoms with Gasteiger partial charge in [0.15, 0.2) is 0 Å². The molecule has 6 heteroatoms. The molecule has 6 nitrogen and oxygen atoms in total. The Bertz CT molecular complexity index is 889. The maximum Gasteiger partial charge on any atom is 0.257 e. The van der Waals surface area contributed by atoms with E-state index in [0.29, 0.717) is 24.6 Å². The first-order valence-corrected chi connectivity index (χ1v) is 11.4. The highest BCUT2D eigenvalue weighted by Crippen LogP contribution is 2.37. The highest BCUT2D eigenvalue weighted by Gasteiger charge is 2.31. The Hall–Kier alpha value is -2.34. The Morgan fingerprint density at radius 2 is 2.07 bits per heavy atom. The van der Waals surface area contributed by atoms with Gasteiger partial charge in [0, 0.05) is 37.2 Å². The minimum absolute atomic E-state index is 0.0503. The molecule has 1 saturated carbocycles. The number of piperazine rings is 1. The second-order valence-corrected chi connectivity index (χ2v) is 8.95. The second kappa shape index (κ2) is 8.42. The summed E-state index contributed by atoms with van der Waals surface area (Å²) in [6.45, 7) is 5.93. The van der Waals surface area contributed by atoms with Crippen LogP contribution in [0.2, 0.25) is 0 Å². The molecule has 0 aromatic carbocycles. The van der Waals surface area contributed by atoms with Crippen molar-refractivity contribution >= 4 is 11.7 Å². The predicted octanol–water partition coefficient (Wildman–Crippen LogP) is 4.15. The Balaban J connectivity index is 1.38. The summed E-state index contributed by atoms with van der Waals surface area (Å²) < 4.78 is 10.9. The predicted molar refractivity (Wildman–Crippen MR) is 115 cm³/mol. The molecule has 30 heavy (non-hydrogen) atoms. The number of fused-ring (bicyclic) bond motifs is 1. The Kier molecular flexibility index (Phi) is 5.50. The monoisotopic (exact) mass is 409 g/mol. The molecule has 0 bridgehead atoms. The molecule has 2 aliphatic heterocycles. The van der Waals surface area contributed by atoms with Crippen molar-refractivity contribution in [1.82, 2.24) is 9.88 Å². The Morgan fingerprint density at radius 3 is 2.83 bits per heavy atom. The molecule has 1 aliphatic carbocycles. The van der Waals surface area contributed by atoms with Crippen LogP contribution in [0.5, 0.6) is 0 Å². The van der Waals surface area contributed by atoms with Crippen molar-refractivity contribution in [2.24, 2.45) is 0 Å². The molecule has 0 spiro atoms. The van der Waals surface area contributed by atoms with Gasteiger partial charge in [-0.3, -0.25) is 4.79 Å². The van der Waals surface area contributed by atoms with Crippen molar-refractivity contribution in [2.75, 3.05) is 31.1 Å². The zero-order valence-electron chi connectivity index (χ0n) is 17.8. The van der Waals surface area contributed by atoms with Gasteiger partial charge in [0.2, 0.25) is 0 Å². The lowest BCUT2D eigenvalue weighted by Crippen LogP contribution is -2.54. The topological polar surface area (TPSA) is 58.8 Å². The maximum atomic E-state index is 12.8. The largest absolute Gasteiger partial charge is 0.472 e. The van der Waals surface area contributed by atoms with Crippen LogP contribution in [0.4, 0.5) is 5.82 Å². The van der Waals surface area contributed by atoms with Crippen molar-refractivity contribution in [2.45, 2.75) is 64.0 Å². The smallest absolute Gasteiger partial charge is 0.257 e. The molecule has 1 saturated heterocycles. The molecule has 1 atom stereocenters. The van der Waals surface area contributed by atoms with Gasteiger partial charge in [0.25, 0.3) is 5.91 Å². The Labute approximate surface area is 178 Å². The fraction of sp³-hybridized carbons (Fsp3) is 0.583. The summed E-state index contributed by atoms with van der Waals surface area (Å²) in [5.41, 5.74) is 4.67. The zero-order chi connectivity index (χ0) is 20.5. The molecule has 4 heterocycles. The van der Waals surface area contributed by atoms with E-state index in [1.165, 1.54) is 55.2 Å². The number of nitrogens with zero attached hydrogens (tertiary/aromatic N) is 3. The van der Waals surface area contributed by atoms with E-state index in [0.717, 1.165) is 31.9 Å². The number of anilines is 1. The molecule has 0 N–H and O–H groups in total. The van der Waals surface area contributed by atoms with Gasteiger partial charge in [-0.05, 0) is 43.9 Å². The molecule has 0 radical (unpaired) electrons. The summed E-state index contributed by atoms with van der Waals surface area (Å²) in [6.07, 6.45) is 10.5. The quantitative estimate of drug-likeness (QED) is 0.762. The van der Waals surface area contributed by atoms with Gasteiger partial charge < -0.3 is 19.0 Å². The highest BCUT2D eigenvalue weighted by atomic mass is 16.5. The van der Waals surface area contributed by atoms with Gasteiger partial charge in [-0.1, -0.05) is 19.3 Å². The molecule has 1 unspecified atom stereocenters. The zero-order valence-corrected chi connectivity index (χ0v) is 17.8. The summed E-state index contributed by atoms with van der Waals surface area (Å²) in [6, 6.07) is 4.15. The third kappa shape index (κ3) is 3.73. The Morgan fingerprint density at radius 1 is 1.20 bits per heavy atom. The molecule has 3 aliphatic rings. The van der Waals surface area contributed by atoms with Gasteiger partial charge in [-0.25, -0.2) is 4.98 Å². The van der Waals surface area contributed by atoms with E-state index in [1.54, 1.807) is 12.3 Å². The van der Waals surface area contributed by atoms with E-state index in [4.69, 9.17) is 14.1 Å². The van der Waals surface area contributed by atoms with E-state index in [2.05, 4.69) is 17.9 Å². The third-order valence-corrected chi connectivity index (χ3v) is 6.97. The molecule has 2 fully saturated rings. The van der Waals surface area contributed by atoms with Crippen LogP contribution in [0.3, 0.4) is 0 Å². The lowest BCUT2D eigenvalue weighted by molar-refractivity contribution is 0.0672. The molecular weight excluding hydrogens is 378 g/mol. The van der Waals surface area contributed by atoms with Gasteiger partial charge >= 0.3 is 0 Å². The average molecular weight is 410 g/mol. The van der Waals surface area contributed by atoms with Crippen LogP contribution in [-0.4, -0.2) is 48.1 Å². The van der Waals surface area contributed by atoms with Crippen molar-refractivity contribution in [3.8, 4) is 0 Å². The normalized spacial score (nSPS) is 22.8. The van der Waals surface area contributed by atoms with E-state index in [1.807, 2.05) is 4.90 Å². The fourth-order valence-electron chi connectivity index (χ4n) is 5.27. The molecule has 2 aromatic heterocycles. The minimum Gasteiger partial charge on any atom is -0.472 e. The number of carbonyl (C=O) groups is 1. The van der Waals surface area contributed by atoms with Gasteiger partial charge in [0.1, 0.15) is 12.1 Å². The summed E-state index contributed by atoms with van der Waals surface area (Å²) in [5.74, 6) is 1.70. The molecule has 5 rings (SSSR count). The van der Waals surface area contributed by atoms with E-state index in [-0.39, 0.29) is 11.9 Å². The lowest BCUT2D eigenvalue weighted by atomic mass is 9.83. The number of ether oxygens (including phenoxy) is 1. The van der Waals surface area contributed by atoms with Crippen molar-refractivity contribution < 1.29 is 13.9 Å².